The van der Waals surface area contributed by atoms with Crippen LogP contribution in [0.5, 0.6) is 5.88 Å². The molecule has 0 aliphatic heterocycles. The predicted molar refractivity (Wildman–Crippen MR) is 259 cm³/mol. The van der Waals surface area contributed by atoms with E-state index < -0.39 is 11.2 Å². The number of halogens is 1. The number of aryl methyl sites for hydroxylation is 2. The number of imidazole rings is 2. The number of nitrogens with one attached hydrogen (secondary N) is 5. The lowest BCUT2D eigenvalue weighted by Crippen LogP contribution is -2.29. The largest absolute Gasteiger partial charge is 0.481 e. The van der Waals surface area contributed by atoms with Crippen LogP contribution in [0.3, 0.4) is 0 Å². The van der Waals surface area contributed by atoms with Crippen molar-refractivity contribution < 1.29 is 24.5 Å². The van der Waals surface area contributed by atoms with Gasteiger partial charge in [0.2, 0.25) is 5.88 Å². The Morgan fingerprint density at radius 1 is 0.697 bits per heavy atom. The van der Waals surface area contributed by atoms with Gasteiger partial charge in [-0.25, -0.2) is 24.0 Å². The molecule has 2 amide bonds. The standard InChI is InChI=1S/C27H31N7O3.C21H24BrN5O2/c1-16-11-17(5-9-20(16)26(35)32-18-6-7-18)22-14-29-25-21(30-15-27(2,3)36)12-23(33-34(22)25)31-19-8-10-24(37-4)28-13-19;1-12-8-13(4-7-15(12)20(28)25-14-5-6-14)17-10-23-19-16(24-11-21(2,3)29)9-18(22)26-27(17)19/h5,8-14,18,30,36H,6-7,15H2,1-4H3,(H,31,33)(H,32,35);4,7-10,14,24,29H,5-6,11H2,1-3H3,(H,25,28). The first-order valence-electron chi connectivity index (χ1n) is 21.9. The van der Waals surface area contributed by atoms with Crippen LogP contribution >= 0.6 is 15.9 Å². The van der Waals surface area contributed by atoms with E-state index in [0.717, 1.165) is 70.7 Å². The van der Waals surface area contributed by atoms with Gasteiger partial charge in [-0.3, -0.25) is 9.59 Å². The topological polar surface area (TPSA) is 217 Å². The van der Waals surface area contributed by atoms with Gasteiger partial charge in [0.15, 0.2) is 17.1 Å². The number of nitrogens with zero attached hydrogens (tertiary/aromatic N) is 7. The van der Waals surface area contributed by atoms with E-state index in [2.05, 4.69) is 62.6 Å². The number of ether oxygens (including phenoxy) is 1. The maximum absolute atomic E-state index is 12.6. The van der Waals surface area contributed by atoms with Gasteiger partial charge in [-0.15, -0.1) is 5.10 Å². The van der Waals surface area contributed by atoms with E-state index in [0.29, 0.717) is 69.6 Å². The van der Waals surface area contributed by atoms with Gasteiger partial charge in [0.05, 0.1) is 65.4 Å². The van der Waals surface area contributed by atoms with E-state index in [1.807, 2.05) is 68.4 Å². The molecule has 2 saturated carbocycles. The molecule has 18 heteroatoms. The number of aromatic nitrogens is 7. The molecule has 7 aromatic rings. The molecule has 2 fully saturated rings. The van der Waals surface area contributed by atoms with Gasteiger partial charge < -0.3 is 41.5 Å². The molecule has 0 radical (unpaired) electrons. The Balaban J connectivity index is 0.000000185. The summed E-state index contributed by atoms with van der Waals surface area (Å²) >= 11 is 3.45. The Labute approximate surface area is 391 Å². The van der Waals surface area contributed by atoms with Gasteiger partial charge in [-0.1, -0.05) is 12.1 Å². The van der Waals surface area contributed by atoms with E-state index in [4.69, 9.17) is 9.84 Å². The molecule has 0 spiro atoms. The van der Waals surface area contributed by atoms with Gasteiger partial charge in [-0.2, -0.15) is 5.10 Å². The molecule has 5 heterocycles. The minimum atomic E-state index is -0.919. The Bertz CT molecular complexity index is 2910. The Morgan fingerprint density at radius 2 is 1.20 bits per heavy atom. The molecule has 0 bridgehead atoms. The number of anilines is 4. The summed E-state index contributed by atoms with van der Waals surface area (Å²) in [6.07, 6.45) is 9.41. The average Bonchev–Trinajstić information content (AvgIpc) is 4.18. The van der Waals surface area contributed by atoms with Crippen LogP contribution in [-0.4, -0.2) is 99.7 Å². The highest BCUT2D eigenvalue weighted by atomic mass is 79.9. The van der Waals surface area contributed by atoms with Gasteiger partial charge in [-0.05, 0) is 131 Å². The van der Waals surface area contributed by atoms with Crippen LogP contribution in [-0.2, 0) is 0 Å². The highest BCUT2D eigenvalue weighted by molar-refractivity contribution is 9.10. The van der Waals surface area contributed by atoms with E-state index in [9.17, 15) is 19.8 Å². The van der Waals surface area contributed by atoms with Crippen LogP contribution < -0.4 is 31.3 Å². The maximum atomic E-state index is 12.6. The SMILES string of the molecule is COc1ccc(Nc2cc(NCC(C)(C)O)c3ncc(-c4ccc(C(=O)NC5CC5)c(C)c4)n3n2)cn1.Cc1cc(-c2cnc3c(NCC(C)(C)O)cc(Br)nn23)ccc1C(=O)NC1CC1. The number of fused-ring (bicyclic) bond motifs is 2. The molecular weight excluding hydrogens is 905 g/mol. The lowest BCUT2D eigenvalue weighted by atomic mass is 10.0. The zero-order chi connectivity index (χ0) is 46.9. The molecule has 2 aliphatic rings. The van der Waals surface area contributed by atoms with E-state index in [1.165, 1.54) is 0 Å². The first-order valence-corrected chi connectivity index (χ1v) is 22.7. The lowest BCUT2D eigenvalue weighted by Gasteiger charge is -2.19. The molecule has 0 unspecified atom stereocenters. The van der Waals surface area contributed by atoms with Crippen LogP contribution in [0.25, 0.3) is 33.8 Å². The Hall–Kier alpha value is -6.63. The third-order valence-corrected chi connectivity index (χ3v) is 11.3. The summed E-state index contributed by atoms with van der Waals surface area (Å²) in [4.78, 5) is 38.4. The second-order valence-electron chi connectivity index (χ2n) is 18.2. The number of carbonyl (C=O) groups excluding carboxylic acids is 2. The highest BCUT2D eigenvalue weighted by Crippen LogP contribution is 2.31. The normalized spacial score (nSPS) is 13.8. The van der Waals surface area contributed by atoms with Gasteiger partial charge in [0, 0.05) is 59.6 Å². The van der Waals surface area contributed by atoms with Crippen LogP contribution in [0.4, 0.5) is 22.9 Å². The number of amides is 2. The van der Waals surface area contributed by atoms with Crippen molar-refractivity contribution >= 4 is 61.9 Å². The number of carbonyl (C=O) groups is 2. The summed E-state index contributed by atoms with van der Waals surface area (Å²) in [6, 6.07) is 19.4. The summed E-state index contributed by atoms with van der Waals surface area (Å²) in [5, 5.41) is 45.5. The molecular formula is C48H55BrN12O5. The molecule has 2 aromatic carbocycles. The van der Waals surface area contributed by atoms with E-state index in [1.54, 1.807) is 68.5 Å². The highest BCUT2D eigenvalue weighted by Gasteiger charge is 2.26. The fourth-order valence-electron chi connectivity index (χ4n) is 7.11. The van der Waals surface area contributed by atoms with Crippen molar-refractivity contribution in [2.45, 2.75) is 90.5 Å². The van der Waals surface area contributed by atoms with Gasteiger partial charge in [0.1, 0.15) is 4.60 Å². The third kappa shape index (κ3) is 11.2. The van der Waals surface area contributed by atoms with Gasteiger partial charge in [0.25, 0.3) is 11.8 Å². The first-order chi connectivity index (χ1) is 31.4. The van der Waals surface area contributed by atoms with Crippen LogP contribution in [0, 0.1) is 13.8 Å². The van der Waals surface area contributed by atoms with Gasteiger partial charge >= 0.3 is 0 Å². The molecule has 9 rings (SSSR count). The number of benzene rings is 2. The van der Waals surface area contributed by atoms with Crippen LogP contribution in [0.2, 0.25) is 0 Å². The monoisotopic (exact) mass is 958 g/mol. The lowest BCUT2D eigenvalue weighted by molar-refractivity contribution is 0.0939. The van der Waals surface area contributed by atoms with Crippen molar-refractivity contribution in [3.05, 3.63) is 106 Å². The summed E-state index contributed by atoms with van der Waals surface area (Å²) in [5.74, 6) is 1.02. The maximum Gasteiger partial charge on any atom is 0.251 e. The number of hydrogen-bond donors (Lipinski definition) is 7. The predicted octanol–water partition coefficient (Wildman–Crippen LogP) is 7.47. The molecule has 5 aromatic heterocycles. The number of aliphatic hydroxyl groups is 2. The number of pyridine rings is 1. The van der Waals surface area contributed by atoms with Crippen molar-refractivity contribution in [3.63, 3.8) is 0 Å². The van der Waals surface area contributed by atoms with Crippen molar-refractivity contribution in [1.82, 2.24) is 44.8 Å². The minimum absolute atomic E-state index is 0.0198. The molecule has 344 valence electrons. The zero-order valence-corrected chi connectivity index (χ0v) is 39.6. The summed E-state index contributed by atoms with van der Waals surface area (Å²) < 4.78 is 9.31. The number of rotatable bonds is 15. The van der Waals surface area contributed by atoms with Crippen molar-refractivity contribution in [2.24, 2.45) is 0 Å². The van der Waals surface area contributed by atoms with E-state index >= 15 is 0 Å². The Kier molecular flexibility index (Phi) is 13.0. The van der Waals surface area contributed by atoms with Crippen molar-refractivity contribution in [1.29, 1.82) is 0 Å². The smallest absolute Gasteiger partial charge is 0.251 e. The summed E-state index contributed by atoms with van der Waals surface area (Å²) in [7, 11) is 1.57. The second kappa shape index (κ2) is 18.7. The molecule has 0 saturated heterocycles. The molecule has 7 N–H and O–H groups in total. The second-order valence-corrected chi connectivity index (χ2v) is 19.0. The van der Waals surface area contributed by atoms with E-state index in [-0.39, 0.29) is 11.8 Å². The number of methoxy groups -OCH3 is 1. The Morgan fingerprint density at radius 3 is 1.64 bits per heavy atom. The quantitative estimate of drug-likeness (QED) is 0.0532. The molecule has 66 heavy (non-hydrogen) atoms. The summed E-state index contributed by atoms with van der Waals surface area (Å²) in [6.45, 7) is 11.5. The molecule has 17 nitrogen and oxygen atoms in total. The minimum Gasteiger partial charge on any atom is -0.481 e. The zero-order valence-electron chi connectivity index (χ0n) is 38.0. The van der Waals surface area contributed by atoms with Crippen molar-refractivity contribution in [2.75, 3.05) is 36.1 Å². The van der Waals surface area contributed by atoms with Crippen LogP contribution in [0.1, 0.15) is 85.2 Å². The fraction of sp³-hybridized carbons (Fsp3) is 0.354. The number of hydrogen-bond acceptors (Lipinski definition) is 13. The van der Waals surface area contributed by atoms with Crippen LogP contribution in [0.15, 0.2) is 83.9 Å². The molecule has 0 atom stereocenters. The first kappa shape index (κ1) is 45.9. The molecule has 2 aliphatic carbocycles. The average molecular weight is 960 g/mol. The fourth-order valence-corrected chi connectivity index (χ4v) is 7.49. The third-order valence-electron chi connectivity index (χ3n) is 10.9. The summed E-state index contributed by atoms with van der Waals surface area (Å²) in [5.41, 5.74) is 8.30. The van der Waals surface area contributed by atoms with Crippen molar-refractivity contribution in [3.8, 4) is 28.4 Å².